The van der Waals surface area contributed by atoms with E-state index in [0.29, 0.717) is 28.2 Å². The van der Waals surface area contributed by atoms with Crippen molar-refractivity contribution in [2.75, 3.05) is 5.32 Å². The smallest absolute Gasteiger partial charge is 0.264 e. The first-order valence-corrected chi connectivity index (χ1v) is 9.93. The molecule has 158 valence electrons. The van der Waals surface area contributed by atoms with Crippen molar-refractivity contribution in [3.63, 3.8) is 0 Å². The third-order valence-corrected chi connectivity index (χ3v) is 5.13. The van der Waals surface area contributed by atoms with Gasteiger partial charge in [-0.15, -0.1) is 0 Å². The molecule has 0 fully saturated rings. The van der Waals surface area contributed by atoms with Crippen molar-refractivity contribution in [2.45, 2.75) is 33.2 Å². The molecule has 0 bridgehead atoms. The molecule has 0 saturated carbocycles. The van der Waals surface area contributed by atoms with Crippen molar-refractivity contribution < 1.29 is 9.18 Å². The van der Waals surface area contributed by atoms with Gasteiger partial charge < -0.3 is 5.32 Å². The third kappa shape index (κ3) is 4.09. The largest absolute Gasteiger partial charge is 0.324 e. The molecule has 7 nitrogen and oxygen atoms in total. The van der Waals surface area contributed by atoms with E-state index in [9.17, 15) is 14.0 Å². The molecular weight excluding hydrogens is 397 g/mol. The predicted molar refractivity (Wildman–Crippen MR) is 117 cm³/mol. The number of hydrogen-bond donors (Lipinski definition) is 1. The van der Waals surface area contributed by atoms with Crippen molar-refractivity contribution in [1.29, 1.82) is 0 Å². The number of aromatic nitrogens is 4. The van der Waals surface area contributed by atoms with E-state index >= 15 is 0 Å². The average molecular weight is 419 g/mol. The van der Waals surface area contributed by atoms with E-state index in [1.54, 1.807) is 23.7 Å². The number of anilines is 1. The number of carbonyl (C=O) groups excluding carboxylic acids is 1. The molecule has 0 aliphatic carbocycles. The molecule has 0 saturated heterocycles. The summed E-state index contributed by atoms with van der Waals surface area (Å²) in [5, 5.41) is 7.21. The molecule has 0 atom stereocenters. The fourth-order valence-corrected chi connectivity index (χ4v) is 3.28. The molecule has 0 spiro atoms. The number of rotatable bonds is 5. The van der Waals surface area contributed by atoms with Gasteiger partial charge in [0.05, 0.1) is 11.9 Å². The number of hydrogen-bond acceptors (Lipinski definition) is 4. The fourth-order valence-electron chi connectivity index (χ4n) is 3.28. The maximum atomic E-state index is 13.7. The summed E-state index contributed by atoms with van der Waals surface area (Å²) in [6.45, 7) is 5.63. The molecule has 4 aromatic rings. The fraction of sp³-hybridized carbons (Fsp3) is 0.217. The first-order valence-electron chi connectivity index (χ1n) is 9.93. The number of benzene rings is 2. The SMILES string of the molecule is Cc1ccc(NC(=O)Cn2cnc3c(cnn3-c3ccc(C(C)C)cc3)c2=O)cc1F. The van der Waals surface area contributed by atoms with E-state index in [0.717, 1.165) is 5.69 Å². The van der Waals surface area contributed by atoms with Gasteiger partial charge in [0, 0.05) is 5.69 Å². The Morgan fingerprint density at radius 1 is 1.16 bits per heavy atom. The Morgan fingerprint density at radius 2 is 1.90 bits per heavy atom. The second-order valence-corrected chi connectivity index (χ2v) is 7.73. The Bertz CT molecular complexity index is 1320. The molecule has 4 rings (SSSR count). The molecule has 1 amide bonds. The zero-order chi connectivity index (χ0) is 22.1. The minimum atomic E-state index is -0.455. The van der Waals surface area contributed by atoms with Gasteiger partial charge >= 0.3 is 0 Å². The van der Waals surface area contributed by atoms with Crippen molar-refractivity contribution in [2.24, 2.45) is 0 Å². The third-order valence-electron chi connectivity index (χ3n) is 5.13. The highest BCUT2D eigenvalue weighted by molar-refractivity contribution is 5.90. The van der Waals surface area contributed by atoms with E-state index < -0.39 is 11.7 Å². The lowest BCUT2D eigenvalue weighted by Crippen LogP contribution is -2.27. The molecule has 0 aliphatic heterocycles. The summed E-state index contributed by atoms with van der Waals surface area (Å²) in [5.74, 6) is -0.452. The second kappa shape index (κ2) is 8.14. The summed E-state index contributed by atoms with van der Waals surface area (Å²) in [6, 6.07) is 12.3. The number of carbonyl (C=O) groups is 1. The minimum Gasteiger partial charge on any atom is -0.324 e. The molecule has 8 heteroatoms. The van der Waals surface area contributed by atoms with Gasteiger partial charge in [-0.05, 0) is 48.2 Å². The highest BCUT2D eigenvalue weighted by Gasteiger charge is 2.14. The Morgan fingerprint density at radius 3 is 2.58 bits per heavy atom. The Labute approximate surface area is 178 Å². The summed E-state index contributed by atoms with van der Waals surface area (Å²) >= 11 is 0. The molecule has 0 aliphatic rings. The molecule has 2 aromatic heterocycles. The lowest BCUT2D eigenvalue weighted by molar-refractivity contribution is -0.116. The topological polar surface area (TPSA) is 81.8 Å². The Hall–Kier alpha value is -3.81. The van der Waals surface area contributed by atoms with Gasteiger partial charge in [0.25, 0.3) is 5.56 Å². The van der Waals surface area contributed by atoms with Crippen LogP contribution in [0.3, 0.4) is 0 Å². The summed E-state index contributed by atoms with van der Waals surface area (Å²) in [6.07, 6.45) is 2.77. The second-order valence-electron chi connectivity index (χ2n) is 7.73. The van der Waals surface area contributed by atoms with Crippen LogP contribution in [-0.2, 0) is 11.3 Å². The van der Waals surface area contributed by atoms with Crippen molar-refractivity contribution in [3.8, 4) is 5.69 Å². The lowest BCUT2D eigenvalue weighted by atomic mass is 10.0. The minimum absolute atomic E-state index is 0.245. The summed E-state index contributed by atoms with van der Waals surface area (Å²) in [4.78, 5) is 29.5. The van der Waals surface area contributed by atoms with Crippen LogP contribution >= 0.6 is 0 Å². The zero-order valence-electron chi connectivity index (χ0n) is 17.5. The quantitative estimate of drug-likeness (QED) is 0.534. The van der Waals surface area contributed by atoms with Crippen LogP contribution in [0.1, 0.15) is 30.9 Å². The first kappa shape index (κ1) is 20.5. The van der Waals surface area contributed by atoms with E-state index in [-0.39, 0.29) is 12.1 Å². The maximum Gasteiger partial charge on any atom is 0.264 e. The normalized spacial score (nSPS) is 11.3. The highest BCUT2D eigenvalue weighted by atomic mass is 19.1. The van der Waals surface area contributed by atoms with E-state index in [2.05, 4.69) is 29.2 Å². The molecule has 2 aromatic carbocycles. The number of nitrogens with zero attached hydrogens (tertiary/aromatic N) is 4. The standard InChI is InChI=1S/C23H22FN5O2/c1-14(2)16-5-8-18(9-6-16)29-22-19(11-26-29)23(31)28(13-25-22)12-21(30)27-17-7-4-15(3)20(24)10-17/h4-11,13-14H,12H2,1-3H3,(H,27,30). The molecule has 1 N–H and O–H groups in total. The number of amides is 1. The van der Waals surface area contributed by atoms with E-state index in [1.165, 1.54) is 28.7 Å². The van der Waals surface area contributed by atoms with Gasteiger partial charge in [0.15, 0.2) is 5.65 Å². The predicted octanol–water partition coefficient (Wildman–Crippen LogP) is 3.79. The molecule has 0 unspecified atom stereocenters. The van der Waals surface area contributed by atoms with Gasteiger partial charge in [-0.2, -0.15) is 5.10 Å². The lowest BCUT2D eigenvalue weighted by Gasteiger charge is -2.09. The van der Waals surface area contributed by atoms with Crippen LogP contribution in [-0.4, -0.2) is 25.2 Å². The van der Waals surface area contributed by atoms with Crippen LogP contribution in [0.4, 0.5) is 10.1 Å². The van der Waals surface area contributed by atoms with Crippen LogP contribution in [0, 0.1) is 12.7 Å². The van der Waals surface area contributed by atoms with Crippen molar-refractivity contribution >= 4 is 22.6 Å². The van der Waals surface area contributed by atoms with Crippen LogP contribution in [0.5, 0.6) is 0 Å². The Balaban J connectivity index is 1.58. The van der Waals surface area contributed by atoms with Crippen LogP contribution in [0.2, 0.25) is 0 Å². The number of nitrogens with one attached hydrogen (secondary N) is 1. The van der Waals surface area contributed by atoms with Crippen LogP contribution < -0.4 is 10.9 Å². The molecule has 31 heavy (non-hydrogen) atoms. The number of halogens is 1. The Kier molecular flexibility index (Phi) is 5.37. The van der Waals surface area contributed by atoms with Gasteiger partial charge in [-0.3, -0.25) is 14.2 Å². The van der Waals surface area contributed by atoms with Gasteiger partial charge in [0.2, 0.25) is 5.91 Å². The first-order chi connectivity index (χ1) is 14.8. The number of fused-ring (bicyclic) bond motifs is 1. The van der Waals surface area contributed by atoms with Crippen LogP contribution in [0.15, 0.2) is 59.8 Å². The summed E-state index contributed by atoms with van der Waals surface area (Å²) < 4.78 is 16.5. The summed E-state index contributed by atoms with van der Waals surface area (Å²) in [5.41, 5.74) is 2.85. The van der Waals surface area contributed by atoms with Crippen molar-refractivity contribution in [1.82, 2.24) is 19.3 Å². The maximum absolute atomic E-state index is 13.7. The van der Waals surface area contributed by atoms with Crippen LogP contribution in [0.25, 0.3) is 16.7 Å². The van der Waals surface area contributed by atoms with Gasteiger partial charge in [0.1, 0.15) is 24.1 Å². The van der Waals surface area contributed by atoms with Gasteiger partial charge in [-0.25, -0.2) is 14.1 Å². The molecule has 0 radical (unpaired) electrons. The van der Waals surface area contributed by atoms with Crippen molar-refractivity contribution in [3.05, 3.63) is 82.3 Å². The zero-order valence-corrected chi connectivity index (χ0v) is 17.5. The van der Waals surface area contributed by atoms with Gasteiger partial charge in [-0.1, -0.05) is 32.0 Å². The molecule has 2 heterocycles. The summed E-state index contributed by atoms with van der Waals surface area (Å²) in [7, 11) is 0. The van der Waals surface area contributed by atoms with E-state index in [4.69, 9.17) is 0 Å². The highest BCUT2D eigenvalue weighted by Crippen LogP contribution is 2.19. The molecular formula is C23H22FN5O2. The average Bonchev–Trinajstić information content (AvgIpc) is 3.18. The number of aryl methyl sites for hydroxylation is 1. The van der Waals surface area contributed by atoms with E-state index in [1.807, 2.05) is 24.3 Å². The monoisotopic (exact) mass is 419 g/mol.